The molecule has 1 amide bonds. The van der Waals surface area contributed by atoms with E-state index in [4.69, 9.17) is 4.74 Å². The Balaban J connectivity index is 1.90. The number of carbonyl (C=O) groups is 2. The molecule has 0 aliphatic heterocycles. The first-order chi connectivity index (χ1) is 22.2. The smallest absolute Gasteiger partial charge is 0.416 e. The molecule has 3 aromatic carbocycles. The number of ether oxygens (including phenoxy) is 1. The Morgan fingerprint density at radius 1 is 0.979 bits per heavy atom. The Hall–Kier alpha value is -5.04. The second-order valence-corrected chi connectivity index (χ2v) is 10.8. The van der Waals surface area contributed by atoms with Crippen molar-refractivity contribution in [2.45, 2.75) is 52.1 Å². The fourth-order valence-electron chi connectivity index (χ4n) is 5.30. The number of amides is 1. The Morgan fingerprint density at radius 3 is 2.32 bits per heavy atom. The van der Waals surface area contributed by atoms with Crippen molar-refractivity contribution < 1.29 is 46.5 Å². The largest absolute Gasteiger partial charge is 0.507 e. The second kappa shape index (κ2) is 14.2. The lowest BCUT2D eigenvalue weighted by molar-refractivity contribution is -0.144. The number of benzene rings is 3. The minimum atomic E-state index is -4.89. The summed E-state index contributed by atoms with van der Waals surface area (Å²) in [7, 11) is 0. The highest BCUT2D eigenvalue weighted by Crippen LogP contribution is 2.37. The molecule has 0 spiro atoms. The van der Waals surface area contributed by atoms with Gasteiger partial charge < -0.3 is 20.3 Å². The van der Waals surface area contributed by atoms with Crippen molar-refractivity contribution >= 4 is 11.9 Å². The number of phenolic OH excluding ortho intramolecular Hbond substituents is 1. The van der Waals surface area contributed by atoms with Crippen LogP contribution in [0, 0.1) is 25.5 Å². The van der Waals surface area contributed by atoms with Crippen molar-refractivity contribution in [3.63, 3.8) is 0 Å². The van der Waals surface area contributed by atoms with Gasteiger partial charge in [0, 0.05) is 29.0 Å². The molecule has 0 saturated heterocycles. The summed E-state index contributed by atoms with van der Waals surface area (Å²) in [5, 5.41) is 22.7. The minimum absolute atomic E-state index is 0.0547. The van der Waals surface area contributed by atoms with Crippen molar-refractivity contribution in [2.75, 3.05) is 6.61 Å². The van der Waals surface area contributed by atoms with Crippen molar-refractivity contribution in [2.24, 2.45) is 0 Å². The predicted molar refractivity (Wildman–Crippen MR) is 161 cm³/mol. The van der Waals surface area contributed by atoms with Gasteiger partial charge in [-0.1, -0.05) is 18.2 Å². The maximum absolute atomic E-state index is 15.8. The fraction of sp³-hybridized carbons (Fsp3) is 0.265. The molecule has 0 fully saturated rings. The lowest BCUT2D eigenvalue weighted by Gasteiger charge is -2.26. The third kappa shape index (κ3) is 7.68. The summed E-state index contributed by atoms with van der Waals surface area (Å²) in [5.74, 6) is -4.01. The summed E-state index contributed by atoms with van der Waals surface area (Å²) in [5.41, 5.74) is -1.78. The molecule has 1 unspecified atom stereocenters. The Labute approximate surface area is 266 Å². The van der Waals surface area contributed by atoms with E-state index in [2.05, 4.69) is 5.32 Å². The number of aryl methyl sites for hydroxylation is 2. The number of halogens is 5. The van der Waals surface area contributed by atoms with Crippen LogP contribution in [0.25, 0.3) is 11.1 Å². The average molecular weight is 659 g/mol. The van der Waals surface area contributed by atoms with Gasteiger partial charge in [0.05, 0.1) is 31.2 Å². The summed E-state index contributed by atoms with van der Waals surface area (Å²) < 4.78 is 76.8. The van der Waals surface area contributed by atoms with Crippen LogP contribution in [0.3, 0.4) is 0 Å². The minimum Gasteiger partial charge on any atom is -0.507 e. The Kier molecular flexibility index (Phi) is 10.5. The summed E-state index contributed by atoms with van der Waals surface area (Å²) in [6.45, 7) is 4.02. The van der Waals surface area contributed by atoms with Crippen molar-refractivity contribution in [1.82, 2.24) is 9.88 Å². The molecule has 1 aromatic heterocycles. The number of nitrogens with zero attached hydrogens (tertiary/aromatic N) is 1. The average Bonchev–Trinajstić information content (AvgIpc) is 2.99. The SMILES string of the molecule is CCOC(=O)C[C@H](NC(=O)C(c1cc(CO)ccc1F)n1ccc(C(F)(F)F)cc1=O)c1cc(-c2c(C)cccc2O)cc(C)c1F. The zero-order chi connectivity index (χ0) is 34.6. The van der Waals surface area contributed by atoms with Gasteiger partial charge in [0.25, 0.3) is 5.56 Å². The summed E-state index contributed by atoms with van der Waals surface area (Å²) in [6, 6.07) is 8.04. The van der Waals surface area contributed by atoms with Gasteiger partial charge in [-0.05, 0) is 79.4 Å². The van der Waals surface area contributed by atoms with E-state index in [0.717, 1.165) is 12.1 Å². The molecule has 3 N–H and O–H groups in total. The number of phenols is 1. The molecule has 2 atom stereocenters. The normalized spacial score (nSPS) is 12.8. The van der Waals surface area contributed by atoms with Gasteiger partial charge in [-0.2, -0.15) is 13.2 Å². The molecule has 47 heavy (non-hydrogen) atoms. The van der Waals surface area contributed by atoms with E-state index in [1.165, 1.54) is 38.1 Å². The van der Waals surface area contributed by atoms with Crippen LogP contribution in [0.15, 0.2) is 71.7 Å². The van der Waals surface area contributed by atoms with E-state index in [-0.39, 0.29) is 35.1 Å². The molecule has 248 valence electrons. The highest BCUT2D eigenvalue weighted by Gasteiger charge is 2.34. The maximum atomic E-state index is 15.8. The molecule has 0 aliphatic rings. The number of aliphatic hydroxyl groups is 1. The van der Waals surface area contributed by atoms with E-state index in [9.17, 15) is 37.8 Å². The van der Waals surface area contributed by atoms with Crippen LogP contribution in [0.1, 0.15) is 58.8 Å². The van der Waals surface area contributed by atoms with E-state index in [1.54, 1.807) is 19.1 Å². The zero-order valence-corrected chi connectivity index (χ0v) is 25.5. The second-order valence-electron chi connectivity index (χ2n) is 10.8. The molecule has 4 aromatic rings. The molecular formula is C34H31F5N2O6. The molecule has 4 rings (SSSR count). The molecule has 0 bridgehead atoms. The zero-order valence-electron chi connectivity index (χ0n) is 25.5. The lowest BCUT2D eigenvalue weighted by Crippen LogP contribution is -2.41. The van der Waals surface area contributed by atoms with E-state index in [0.29, 0.717) is 33.5 Å². The van der Waals surface area contributed by atoms with Gasteiger partial charge in [0.2, 0.25) is 5.91 Å². The van der Waals surface area contributed by atoms with Crippen molar-refractivity contribution in [1.29, 1.82) is 0 Å². The van der Waals surface area contributed by atoms with E-state index >= 15 is 8.78 Å². The third-order valence-corrected chi connectivity index (χ3v) is 7.53. The van der Waals surface area contributed by atoms with Gasteiger partial charge in [-0.3, -0.25) is 19.0 Å². The number of aromatic hydroxyl groups is 1. The number of esters is 1. The van der Waals surface area contributed by atoms with E-state index in [1.807, 2.05) is 0 Å². The first kappa shape index (κ1) is 34.8. The highest BCUT2D eigenvalue weighted by atomic mass is 19.4. The Bertz CT molecular complexity index is 1850. The molecule has 0 saturated carbocycles. The summed E-state index contributed by atoms with van der Waals surface area (Å²) in [6.07, 6.45) is -4.85. The summed E-state index contributed by atoms with van der Waals surface area (Å²) in [4.78, 5) is 39.8. The first-order valence-corrected chi connectivity index (χ1v) is 14.4. The molecule has 8 nitrogen and oxygen atoms in total. The van der Waals surface area contributed by atoms with Crippen LogP contribution in [0.4, 0.5) is 22.0 Å². The number of rotatable bonds is 10. The number of hydrogen-bond donors (Lipinski definition) is 3. The number of aliphatic hydroxyl groups excluding tert-OH is 1. The monoisotopic (exact) mass is 658 g/mol. The number of nitrogens with one attached hydrogen (secondary N) is 1. The van der Waals surface area contributed by atoms with Crippen LogP contribution < -0.4 is 10.9 Å². The number of aromatic nitrogens is 1. The van der Waals surface area contributed by atoms with Gasteiger partial charge >= 0.3 is 12.1 Å². The Morgan fingerprint density at radius 2 is 1.70 bits per heavy atom. The fourth-order valence-corrected chi connectivity index (χ4v) is 5.30. The topological polar surface area (TPSA) is 118 Å². The standard InChI is InChI=1S/C34H31F5N2O6/c1-4-47-29(45)16-26(24-14-21(12-19(3)31(24)36)30-18(2)6-5-7-27(30)43)40-33(46)32(23-13-20(17-42)8-9-25(23)35)41-11-10-22(15-28(41)44)34(37,38)39/h5-15,26,32,42-43H,4,16-17H2,1-3H3,(H,40,46)/t26-,32?/m0/s1. The number of alkyl halides is 3. The molecular weight excluding hydrogens is 627 g/mol. The van der Waals surface area contributed by atoms with Crippen molar-refractivity contribution in [3.05, 3.63) is 122 Å². The van der Waals surface area contributed by atoms with Gasteiger partial charge in [0.1, 0.15) is 23.4 Å². The number of carbonyl (C=O) groups excluding carboxylic acids is 2. The molecule has 0 radical (unpaired) electrons. The van der Waals surface area contributed by atoms with Gasteiger partial charge in [0.15, 0.2) is 0 Å². The van der Waals surface area contributed by atoms with Crippen LogP contribution in [0.2, 0.25) is 0 Å². The third-order valence-electron chi connectivity index (χ3n) is 7.53. The summed E-state index contributed by atoms with van der Waals surface area (Å²) >= 11 is 0. The van der Waals surface area contributed by atoms with Crippen LogP contribution >= 0.6 is 0 Å². The molecule has 13 heteroatoms. The van der Waals surface area contributed by atoms with E-state index < -0.39 is 71.5 Å². The quantitative estimate of drug-likeness (QED) is 0.142. The maximum Gasteiger partial charge on any atom is 0.416 e. The van der Waals surface area contributed by atoms with Crippen molar-refractivity contribution in [3.8, 4) is 16.9 Å². The van der Waals surface area contributed by atoms with Gasteiger partial charge in [-0.25, -0.2) is 8.78 Å². The molecule has 1 heterocycles. The lowest BCUT2D eigenvalue weighted by atomic mass is 9.92. The highest BCUT2D eigenvalue weighted by molar-refractivity contribution is 5.85. The van der Waals surface area contributed by atoms with Gasteiger partial charge in [-0.15, -0.1) is 0 Å². The number of pyridine rings is 1. The first-order valence-electron chi connectivity index (χ1n) is 14.4. The molecule has 0 aliphatic carbocycles. The van der Waals surface area contributed by atoms with Crippen LogP contribution in [0.5, 0.6) is 5.75 Å². The van der Waals surface area contributed by atoms with Crippen LogP contribution in [-0.4, -0.2) is 33.3 Å². The predicted octanol–water partition coefficient (Wildman–Crippen LogP) is 6.03. The number of hydrogen-bond acceptors (Lipinski definition) is 6. The van der Waals surface area contributed by atoms with Crippen LogP contribution in [-0.2, 0) is 27.1 Å².